The first-order chi connectivity index (χ1) is 13.0. The zero-order chi connectivity index (χ0) is 19.0. The molecule has 0 bridgehead atoms. The van der Waals surface area contributed by atoms with Gasteiger partial charge in [0.05, 0.1) is 23.1 Å². The second-order valence-corrected chi connectivity index (χ2v) is 7.23. The van der Waals surface area contributed by atoms with Gasteiger partial charge >= 0.3 is 0 Å². The number of fused-ring (bicyclic) bond motifs is 1. The summed E-state index contributed by atoms with van der Waals surface area (Å²) in [6.45, 7) is 8.39. The van der Waals surface area contributed by atoms with Crippen LogP contribution in [-0.2, 0) is 19.6 Å². The van der Waals surface area contributed by atoms with E-state index in [1.807, 2.05) is 11.6 Å². The zero-order valence-corrected chi connectivity index (χ0v) is 16.0. The lowest BCUT2D eigenvalue weighted by molar-refractivity contribution is 0.0950. The smallest absolute Gasteiger partial charge is 0.255 e. The molecule has 0 aliphatic carbocycles. The Morgan fingerprint density at radius 1 is 1.11 bits per heavy atom. The highest BCUT2D eigenvalue weighted by Crippen LogP contribution is 2.20. The van der Waals surface area contributed by atoms with Crippen molar-refractivity contribution in [3.63, 3.8) is 0 Å². The highest BCUT2D eigenvalue weighted by molar-refractivity contribution is 5.95. The largest absolute Gasteiger partial charge is 0.348 e. The van der Waals surface area contributed by atoms with Crippen LogP contribution in [0.2, 0.25) is 0 Å². The van der Waals surface area contributed by atoms with Gasteiger partial charge in [-0.3, -0.25) is 4.79 Å². The molecule has 2 N–H and O–H groups in total. The molecule has 1 aromatic heterocycles. The lowest BCUT2D eigenvalue weighted by atomic mass is 10.1. The van der Waals surface area contributed by atoms with Crippen molar-refractivity contribution in [1.29, 1.82) is 0 Å². The SMILES string of the molecule is Cc1ccc(C)c(-n2ncc(C(=O)NCc3ccc4c(c3)CNC4)c2C)c1. The number of hydrogen-bond acceptors (Lipinski definition) is 3. The van der Waals surface area contributed by atoms with Crippen molar-refractivity contribution in [2.45, 2.75) is 40.4 Å². The Kier molecular flexibility index (Phi) is 4.54. The van der Waals surface area contributed by atoms with Crippen LogP contribution in [0.5, 0.6) is 0 Å². The fourth-order valence-electron chi connectivity index (χ4n) is 3.56. The number of aryl methyl sites for hydroxylation is 2. The van der Waals surface area contributed by atoms with Crippen LogP contribution >= 0.6 is 0 Å². The van der Waals surface area contributed by atoms with Crippen LogP contribution in [0.25, 0.3) is 5.69 Å². The predicted octanol–water partition coefficient (Wildman–Crippen LogP) is 3.33. The van der Waals surface area contributed by atoms with Crippen molar-refractivity contribution in [3.05, 3.63) is 81.7 Å². The molecule has 1 aliphatic rings. The van der Waals surface area contributed by atoms with Gasteiger partial charge < -0.3 is 10.6 Å². The van der Waals surface area contributed by atoms with Crippen LogP contribution in [0, 0.1) is 20.8 Å². The molecule has 0 unspecified atom stereocenters. The van der Waals surface area contributed by atoms with Crippen LogP contribution in [-0.4, -0.2) is 15.7 Å². The molecule has 5 heteroatoms. The molecule has 138 valence electrons. The maximum Gasteiger partial charge on any atom is 0.255 e. The number of nitrogens with zero attached hydrogens (tertiary/aromatic N) is 2. The number of hydrogen-bond donors (Lipinski definition) is 2. The van der Waals surface area contributed by atoms with Gasteiger partial charge in [0.2, 0.25) is 0 Å². The number of rotatable bonds is 4. The summed E-state index contributed by atoms with van der Waals surface area (Å²) in [7, 11) is 0. The van der Waals surface area contributed by atoms with E-state index < -0.39 is 0 Å². The van der Waals surface area contributed by atoms with Crippen LogP contribution < -0.4 is 10.6 Å². The second kappa shape index (κ2) is 7.00. The lowest BCUT2D eigenvalue weighted by Crippen LogP contribution is -2.23. The molecule has 2 heterocycles. The average Bonchev–Trinajstić information content (AvgIpc) is 3.27. The fraction of sp³-hybridized carbons (Fsp3) is 0.273. The number of nitrogens with one attached hydrogen (secondary N) is 2. The molecule has 2 aromatic carbocycles. The maximum atomic E-state index is 12.7. The van der Waals surface area contributed by atoms with E-state index in [4.69, 9.17) is 0 Å². The Hall–Kier alpha value is -2.92. The zero-order valence-electron chi connectivity index (χ0n) is 16.0. The Labute approximate surface area is 159 Å². The standard InChI is InChI=1S/C22H24N4O/c1-14-4-5-15(2)21(8-14)26-16(3)20(13-25-26)22(27)24-10-17-6-7-18-11-23-12-19(18)9-17/h4-9,13,23H,10-12H2,1-3H3,(H,24,27). The van der Waals surface area contributed by atoms with Crippen molar-refractivity contribution in [2.75, 3.05) is 0 Å². The van der Waals surface area contributed by atoms with E-state index in [9.17, 15) is 4.79 Å². The van der Waals surface area contributed by atoms with Crippen molar-refractivity contribution >= 4 is 5.91 Å². The van der Waals surface area contributed by atoms with E-state index in [0.717, 1.165) is 35.6 Å². The fourth-order valence-corrected chi connectivity index (χ4v) is 3.56. The number of aromatic nitrogens is 2. The number of carbonyl (C=O) groups is 1. The van der Waals surface area contributed by atoms with E-state index in [2.05, 4.69) is 66.0 Å². The molecule has 4 rings (SSSR count). The maximum absolute atomic E-state index is 12.7. The highest BCUT2D eigenvalue weighted by Gasteiger charge is 2.16. The van der Waals surface area contributed by atoms with E-state index in [0.29, 0.717) is 12.1 Å². The van der Waals surface area contributed by atoms with Gasteiger partial charge in [-0.2, -0.15) is 5.10 Å². The first kappa shape index (κ1) is 17.5. The monoisotopic (exact) mass is 360 g/mol. The normalized spacial score (nSPS) is 12.9. The second-order valence-electron chi connectivity index (χ2n) is 7.23. The lowest BCUT2D eigenvalue weighted by Gasteiger charge is -2.10. The molecule has 0 fully saturated rings. The Morgan fingerprint density at radius 3 is 2.78 bits per heavy atom. The van der Waals surface area contributed by atoms with Crippen LogP contribution in [0.15, 0.2) is 42.6 Å². The first-order valence-electron chi connectivity index (χ1n) is 9.25. The van der Waals surface area contributed by atoms with Crippen molar-refractivity contribution in [1.82, 2.24) is 20.4 Å². The van der Waals surface area contributed by atoms with Crippen molar-refractivity contribution in [3.8, 4) is 5.69 Å². The molecular formula is C22H24N4O. The molecule has 0 saturated heterocycles. The average molecular weight is 360 g/mol. The molecule has 3 aromatic rings. The third-order valence-electron chi connectivity index (χ3n) is 5.20. The van der Waals surface area contributed by atoms with Crippen molar-refractivity contribution in [2.24, 2.45) is 0 Å². The molecule has 1 amide bonds. The highest BCUT2D eigenvalue weighted by atomic mass is 16.1. The summed E-state index contributed by atoms with van der Waals surface area (Å²) in [5.41, 5.74) is 8.55. The van der Waals surface area contributed by atoms with Crippen LogP contribution in [0.4, 0.5) is 0 Å². The van der Waals surface area contributed by atoms with Gasteiger partial charge in [0.25, 0.3) is 5.91 Å². The number of carbonyl (C=O) groups excluding carboxylic acids is 1. The summed E-state index contributed by atoms with van der Waals surface area (Å²) < 4.78 is 1.85. The molecule has 0 saturated carbocycles. The van der Waals surface area contributed by atoms with E-state index in [-0.39, 0.29) is 5.91 Å². The summed E-state index contributed by atoms with van der Waals surface area (Å²) >= 11 is 0. The minimum Gasteiger partial charge on any atom is -0.348 e. The van der Waals surface area contributed by atoms with Gasteiger partial charge in [0, 0.05) is 19.6 Å². The summed E-state index contributed by atoms with van der Waals surface area (Å²) in [6.07, 6.45) is 1.65. The quantitative estimate of drug-likeness (QED) is 0.750. The summed E-state index contributed by atoms with van der Waals surface area (Å²) in [5.74, 6) is -0.0947. The van der Waals surface area contributed by atoms with Crippen molar-refractivity contribution < 1.29 is 4.79 Å². The summed E-state index contributed by atoms with van der Waals surface area (Å²) in [4.78, 5) is 12.7. The summed E-state index contributed by atoms with van der Waals surface area (Å²) in [5, 5.41) is 10.8. The van der Waals surface area contributed by atoms with Gasteiger partial charge in [-0.15, -0.1) is 0 Å². The first-order valence-corrected chi connectivity index (χ1v) is 9.25. The van der Waals surface area contributed by atoms with E-state index >= 15 is 0 Å². The van der Waals surface area contributed by atoms with E-state index in [1.54, 1.807) is 6.20 Å². The van der Waals surface area contributed by atoms with Gasteiger partial charge in [-0.25, -0.2) is 4.68 Å². The third-order valence-corrected chi connectivity index (χ3v) is 5.20. The molecule has 5 nitrogen and oxygen atoms in total. The topological polar surface area (TPSA) is 59.0 Å². The van der Waals surface area contributed by atoms with Crippen LogP contribution in [0.3, 0.4) is 0 Å². The number of amides is 1. The van der Waals surface area contributed by atoms with Gasteiger partial charge in [0.15, 0.2) is 0 Å². The third kappa shape index (κ3) is 3.38. The van der Waals surface area contributed by atoms with Crippen LogP contribution in [0.1, 0.15) is 43.9 Å². The Morgan fingerprint density at radius 2 is 1.93 bits per heavy atom. The molecule has 0 radical (unpaired) electrons. The predicted molar refractivity (Wildman–Crippen MR) is 106 cm³/mol. The van der Waals surface area contributed by atoms with Gasteiger partial charge in [-0.05, 0) is 54.7 Å². The number of benzene rings is 2. The molecular weight excluding hydrogens is 336 g/mol. The molecule has 27 heavy (non-hydrogen) atoms. The molecule has 0 atom stereocenters. The summed E-state index contributed by atoms with van der Waals surface area (Å²) in [6, 6.07) is 12.6. The van der Waals surface area contributed by atoms with Gasteiger partial charge in [-0.1, -0.05) is 30.3 Å². The Bertz CT molecular complexity index is 1020. The molecule has 0 spiro atoms. The minimum atomic E-state index is -0.0947. The minimum absolute atomic E-state index is 0.0947. The van der Waals surface area contributed by atoms with E-state index in [1.165, 1.54) is 16.7 Å². The molecule has 1 aliphatic heterocycles. The van der Waals surface area contributed by atoms with Gasteiger partial charge in [0.1, 0.15) is 0 Å². The Balaban J connectivity index is 1.51.